The normalized spacial score (nSPS) is 18.3. The molecule has 15 heavy (non-hydrogen) atoms. The maximum absolute atomic E-state index is 5.62. The molecule has 0 unspecified atom stereocenters. The fraction of sp³-hybridized carbons (Fsp3) is 0.429. The lowest BCUT2D eigenvalue weighted by Gasteiger charge is -2.34. The molecule has 0 aromatic heterocycles. The van der Waals surface area contributed by atoms with Crippen LogP contribution >= 0.6 is 0 Å². The Morgan fingerprint density at radius 3 is 3.00 bits per heavy atom. The molecule has 0 N–H and O–H groups in total. The number of fused-ring (bicyclic) bond motifs is 1. The van der Waals surface area contributed by atoms with Crippen LogP contribution in [0.2, 0.25) is 0 Å². The summed E-state index contributed by atoms with van der Waals surface area (Å²) in [6, 6.07) is 6.48. The molecule has 0 bridgehead atoms. The summed E-state index contributed by atoms with van der Waals surface area (Å²) in [4.78, 5) is 0. The minimum Gasteiger partial charge on any atom is -0.376 e. The maximum Gasteiger partial charge on any atom is 0.0720 e. The van der Waals surface area contributed by atoms with Gasteiger partial charge in [-0.2, -0.15) is 0 Å². The van der Waals surface area contributed by atoms with Crippen molar-refractivity contribution in [2.75, 3.05) is 6.61 Å². The SMILES string of the molecule is C=CCc1cccc2c1C(C)(C)COC2. The van der Waals surface area contributed by atoms with Crippen LogP contribution in [-0.2, 0) is 23.2 Å². The van der Waals surface area contributed by atoms with Gasteiger partial charge in [-0.1, -0.05) is 38.1 Å². The highest BCUT2D eigenvalue weighted by atomic mass is 16.5. The first kappa shape index (κ1) is 10.4. The van der Waals surface area contributed by atoms with Crippen molar-refractivity contribution in [3.63, 3.8) is 0 Å². The molecule has 1 aromatic carbocycles. The van der Waals surface area contributed by atoms with Crippen LogP contribution in [0.15, 0.2) is 30.9 Å². The van der Waals surface area contributed by atoms with Gasteiger partial charge in [0.15, 0.2) is 0 Å². The molecule has 0 atom stereocenters. The Bertz CT molecular complexity index is 377. The average Bonchev–Trinajstić information content (AvgIpc) is 2.17. The van der Waals surface area contributed by atoms with Gasteiger partial charge >= 0.3 is 0 Å². The summed E-state index contributed by atoms with van der Waals surface area (Å²) in [6.45, 7) is 9.88. The Morgan fingerprint density at radius 1 is 1.47 bits per heavy atom. The van der Waals surface area contributed by atoms with Crippen molar-refractivity contribution < 1.29 is 4.74 Å². The van der Waals surface area contributed by atoms with Gasteiger partial charge in [0, 0.05) is 5.41 Å². The Balaban J connectivity index is 2.55. The summed E-state index contributed by atoms with van der Waals surface area (Å²) >= 11 is 0. The van der Waals surface area contributed by atoms with Crippen LogP contribution in [-0.4, -0.2) is 6.61 Å². The Morgan fingerprint density at radius 2 is 2.27 bits per heavy atom. The number of allylic oxidation sites excluding steroid dienone is 1. The second kappa shape index (κ2) is 3.82. The molecule has 0 saturated heterocycles. The zero-order valence-electron chi connectivity index (χ0n) is 9.55. The topological polar surface area (TPSA) is 9.23 Å². The Hall–Kier alpha value is -1.08. The summed E-state index contributed by atoms with van der Waals surface area (Å²) in [7, 11) is 0. The van der Waals surface area contributed by atoms with E-state index in [9.17, 15) is 0 Å². The van der Waals surface area contributed by atoms with Crippen LogP contribution in [0.3, 0.4) is 0 Å². The van der Waals surface area contributed by atoms with Gasteiger partial charge in [-0.05, 0) is 23.1 Å². The smallest absolute Gasteiger partial charge is 0.0720 e. The summed E-state index contributed by atoms with van der Waals surface area (Å²) < 4.78 is 5.62. The quantitative estimate of drug-likeness (QED) is 0.669. The van der Waals surface area contributed by atoms with Gasteiger partial charge < -0.3 is 4.74 Å². The second-order valence-electron chi connectivity index (χ2n) is 4.82. The van der Waals surface area contributed by atoms with Gasteiger partial charge in [0.25, 0.3) is 0 Å². The van der Waals surface area contributed by atoms with Crippen molar-refractivity contribution in [2.24, 2.45) is 0 Å². The molecule has 0 fully saturated rings. The van der Waals surface area contributed by atoms with Gasteiger partial charge in [0.05, 0.1) is 13.2 Å². The first-order valence-corrected chi connectivity index (χ1v) is 5.45. The molecular formula is C14H18O. The Kier molecular flexibility index (Phi) is 2.66. The van der Waals surface area contributed by atoms with Crippen molar-refractivity contribution in [2.45, 2.75) is 32.3 Å². The second-order valence-corrected chi connectivity index (χ2v) is 4.82. The highest BCUT2D eigenvalue weighted by molar-refractivity contribution is 5.42. The molecule has 0 radical (unpaired) electrons. The number of hydrogen-bond acceptors (Lipinski definition) is 1. The van der Waals surface area contributed by atoms with Crippen molar-refractivity contribution in [3.05, 3.63) is 47.5 Å². The van der Waals surface area contributed by atoms with E-state index in [1.54, 1.807) is 0 Å². The van der Waals surface area contributed by atoms with Gasteiger partial charge in [-0.15, -0.1) is 6.58 Å². The third kappa shape index (κ3) is 1.84. The highest BCUT2D eigenvalue weighted by Gasteiger charge is 2.29. The molecule has 1 aliphatic rings. The molecular weight excluding hydrogens is 184 g/mol. The van der Waals surface area contributed by atoms with E-state index in [4.69, 9.17) is 4.74 Å². The molecule has 0 saturated carbocycles. The van der Waals surface area contributed by atoms with Crippen LogP contribution in [0.25, 0.3) is 0 Å². The molecule has 1 aromatic rings. The summed E-state index contributed by atoms with van der Waals surface area (Å²) in [6.07, 6.45) is 2.92. The molecule has 2 rings (SSSR count). The van der Waals surface area contributed by atoms with E-state index in [-0.39, 0.29) is 5.41 Å². The van der Waals surface area contributed by atoms with Crippen molar-refractivity contribution in [1.29, 1.82) is 0 Å². The summed E-state index contributed by atoms with van der Waals surface area (Å²) in [5.74, 6) is 0. The first-order valence-electron chi connectivity index (χ1n) is 5.45. The van der Waals surface area contributed by atoms with Crippen LogP contribution in [0, 0.1) is 0 Å². The standard InChI is InChI=1S/C14H18O/c1-4-6-11-7-5-8-12-9-15-10-14(2,3)13(11)12/h4-5,7-8H,1,6,9-10H2,2-3H3. The van der Waals surface area contributed by atoms with Gasteiger partial charge in [-0.3, -0.25) is 0 Å². The van der Waals surface area contributed by atoms with E-state index >= 15 is 0 Å². The van der Waals surface area contributed by atoms with Crippen LogP contribution in [0.4, 0.5) is 0 Å². The van der Waals surface area contributed by atoms with Crippen LogP contribution < -0.4 is 0 Å². The number of hydrogen-bond donors (Lipinski definition) is 0. The predicted octanol–water partition coefficient (Wildman–Crippen LogP) is 3.22. The van der Waals surface area contributed by atoms with Crippen LogP contribution in [0.5, 0.6) is 0 Å². The molecule has 1 heteroatoms. The minimum absolute atomic E-state index is 0.132. The van der Waals surface area contributed by atoms with E-state index < -0.39 is 0 Å². The van der Waals surface area contributed by atoms with E-state index in [0.717, 1.165) is 19.6 Å². The molecule has 1 heterocycles. The van der Waals surface area contributed by atoms with Crippen molar-refractivity contribution >= 4 is 0 Å². The summed E-state index contributed by atoms with van der Waals surface area (Å²) in [5, 5.41) is 0. The Labute approximate surface area is 91.8 Å². The van der Waals surface area contributed by atoms with Crippen LogP contribution in [0.1, 0.15) is 30.5 Å². The fourth-order valence-electron chi connectivity index (χ4n) is 2.46. The largest absolute Gasteiger partial charge is 0.376 e. The lowest BCUT2D eigenvalue weighted by Crippen LogP contribution is -2.31. The van der Waals surface area contributed by atoms with E-state index in [1.165, 1.54) is 16.7 Å². The van der Waals surface area contributed by atoms with E-state index in [0.29, 0.717) is 0 Å². The number of rotatable bonds is 2. The third-order valence-corrected chi connectivity index (χ3v) is 3.00. The first-order chi connectivity index (χ1) is 7.15. The number of ether oxygens (including phenoxy) is 1. The highest BCUT2D eigenvalue weighted by Crippen LogP contribution is 2.34. The maximum atomic E-state index is 5.62. The number of benzene rings is 1. The lowest BCUT2D eigenvalue weighted by molar-refractivity contribution is 0.0637. The van der Waals surface area contributed by atoms with Crippen molar-refractivity contribution in [3.8, 4) is 0 Å². The summed E-state index contributed by atoms with van der Waals surface area (Å²) in [5.41, 5.74) is 4.34. The zero-order chi connectivity index (χ0) is 10.9. The molecule has 1 nitrogen and oxygen atoms in total. The molecule has 0 amide bonds. The monoisotopic (exact) mass is 202 g/mol. The molecule has 80 valence electrons. The van der Waals surface area contributed by atoms with E-state index in [2.05, 4.69) is 38.6 Å². The van der Waals surface area contributed by atoms with Gasteiger partial charge in [-0.25, -0.2) is 0 Å². The molecule has 0 spiro atoms. The minimum atomic E-state index is 0.132. The third-order valence-electron chi connectivity index (χ3n) is 3.00. The van der Waals surface area contributed by atoms with Gasteiger partial charge in [0.1, 0.15) is 0 Å². The molecule has 1 aliphatic heterocycles. The lowest BCUT2D eigenvalue weighted by atomic mass is 9.77. The van der Waals surface area contributed by atoms with Gasteiger partial charge in [0.2, 0.25) is 0 Å². The molecule has 0 aliphatic carbocycles. The van der Waals surface area contributed by atoms with Crippen molar-refractivity contribution in [1.82, 2.24) is 0 Å². The fourth-order valence-corrected chi connectivity index (χ4v) is 2.46. The van der Waals surface area contributed by atoms with E-state index in [1.807, 2.05) is 6.08 Å². The predicted molar refractivity (Wildman–Crippen MR) is 63.0 cm³/mol. The zero-order valence-corrected chi connectivity index (χ0v) is 9.55. The average molecular weight is 202 g/mol.